The molecule has 4 rings (SSSR count). The summed E-state index contributed by atoms with van der Waals surface area (Å²) in [6.07, 6.45) is 0. The number of benzene rings is 2. The van der Waals surface area contributed by atoms with Crippen LogP contribution in [0.1, 0.15) is 0 Å². The summed E-state index contributed by atoms with van der Waals surface area (Å²) in [4.78, 5) is 29.2. The summed E-state index contributed by atoms with van der Waals surface area (Å²) in [5.74, 6) is -1.48. The number of fused-ring (bicyclic) bond motifs is 2. The monoisotopic (exact) mass is 401 g/mol. The van der Waals surface area contributed by atoms with E-state index in [2.05, 4.69) is 4.99 Å². The molecule has 0 saturated carbocycles. The number of amides is 1. The van der Waals surface area contributed by atoms with Gasteiger partial charge in [0.15, 0.2) is 10.4 Å². The van der Waals surface area contributed by atoms with Gasteiger partial charge < -0.3 is 13.7 Å². The van der Waals surface area contributed by atoms with Crippen molar-refractivity contribution in [1.29, 1.82) is 0 Å². The van der Waals surface area contributed by atoms with Gasteiger partial charge in [0.05, 0.1) is 22.3 Å². The molecule has 0 saturated heterocycles. The van der Waals surface area contributed by atoms with E-state index < -0.39 is 11.7 Å². The number of thiazole rings is 1. The molecule has 0 radical (unpaired) electrons. The van der Waals surface area contributed by atoms with Crippen LogP contribution < -0.4 is 10.6 Å². The Balaban J connectivity index is 1.75. The quantitative estimate of drug-likeness (QED) is 0.515. The van der Waals surface area contributed by atoms with Gasteiger partial charge in [-0.15, -0.1) is 0 Å². The second-order valence-electron chi connectivity index (χ2n) is 6.07. The SMILES string of the molecule is COCCn1c(=NC(=O)Cn2c(=O)oc3ccccc32)sc2cc(F)ccc21. The number of hydrogen-bond donors (Lipinski definition) is 0. The fourth-order valence-electron chi connectivity index (χ4n) is 2.97. The molecule has 0 fully saturated rings. The van der Waals surface area contributed by atoms with Gasteiger partial charge in [-0.2, -0.15) is 4.99 Å². The molecule has 28 heavy (non-hydrogen) atoms. The van der Waals surface area contributed by atoms with Crippen molar-refractivity contribution < 1.29 is 18.3 Å². The first-order chi connectivity index (χ1) is 13.6. The maximum Gasteiger partial charge on any atom is 0.420 e. The van der Waals surface area contributed by atoms with E-state index in [1.54, 1.807) is 42.0 Å². The lowest BCUT2D eigenvalue weighted by Crippen LogP contribution is -2.23. The molecule has 0 N–H and O–H groups in total. The van der Waals surface area contributed by atoms with E-state index in [0.717, 1.165) is 5.52 Å². The van der Waals surface area contributed by atoms with E-state index in [0.29, 0.717) is 33.8 Å². The lowest BCUT2D eigenvalue weighted by atomic mass is 10.3. The molecule has 0 spiro atoms. The van der Waals surface area contributed by atoms with Crippen LogP contribution >= 0.6 is 11.3 Å². The number of rotatable bonds is 5. The third-order valence-electron chi connectivity index (χ3n) is 4.25. The average Bonchev–Trinajstić information content (AvgIpc) is 3.16. The van der Waals surface area contributed by atoms with Crippen LogP contribution in [0.3, 0.4) is 0 Å². The Hall–Kier alpha value is -3.04. The summed E-state index contributed by atoms with van der Waals surface area (Å²) in [6.45, 7) is 0.627. The fourth-order valence-corrected chi connectivity index (χ4v) is 4.07. The van der Waals surface area contributed by atoms with Gasteiger partial charge in [0.2, 0.25) is 0 Å². The predicted octanol–water partition coefficient (Wildman–Crippen LogP) is 2.52. The second-order valence-corrected chi connectivity index (χ2v) is 7.08. The standard InChI is InChI=1S/C19H16FN3O4S/c1-26-9-8-22-14-7-6-12(20)10-16(14)28-18(22)21-17(24)11-23-13-4-2-3-5-15(13)27-19(23)25/h2-7,10H,8-9,11H2,1H3. The Morgan fingerprint density at radius 1 is 1.21 bits per heavy atom. The first kappa shape index (κ1) is 18.3. The summed E-state index contributed by atoms with van der Waals surface area (Å²) < 4.78 is 27.5. The van der Waals surface area contributed by atoms with Crippen LogP contribution in [0.15, 0.2) is 56.7 Å². The highest BCUT2D eigenvalue weighted by molar-refractivity contribution is 7.16. The Morgan fingerprint density at radius 2 is 2.04 bits per heavy atom. The van der Waals surface area contributed by atoms with Gasteiger partial charge in [0.1, 0.15) is 12.4 Å². The largest absolute Gasteiger partial charge is 0.420 e. The number of nitrogens with zero attached hydrogens (tertiary/aromatic N) is 3. The topological polar surface area (TPSA) is 78.7 Å². The van der Waals surface area contributed by atoms with Crippen molar-refractivity contribution in [2.75, 3.05) is 13.7 Å². The number of aromatic nitrogens is 2. The van der Waals surface area contributed by atoms with Crippen LogP contribution in [0, 0.1) is 5.82 Å². The number of carbonyl (C=O) groups is 1. The first-order valence-corrected chi connectivity index (χ1v) is 9.32. The van der Waals surface area contributed by atoms with Gasteiger partial charge in [-0.25, -0.2) is 9.18 Å². The van der Waals surface area contributed by atoms with Crippen LogP contribution in [-0.4, -0.2) is 28.8 Å². The molecule has 2 aromatic heterocycles. The first-order valence-electron chi connectivity index (χ1n) is 8.50. The predicted molar refractivity (Wildman–Crippen MR) is 103 cm³/mol. The number of para-hydroxylation sites is 2. The smallest absolute Gasteiger partial charge is 0.408 e. The zero-order valence-electron chi connectivity index (χ0n) is 14.9. The van der Waals surface area contributed by atoms with Crippen LogP contribution in [0.25, 0.3) is 21.3 Å². The number of halogens is 1. The number of hydrogen-bond acceptors (Lipinski definition) is 5. The molecule has 0 bridgehead atoms. The highest BCUT2D eigenvalue weighted by atomic mass is 32.1. The second kappa shape index (κ2) is 7.53. The molecule has 0 atom stereocenters. The number of ether oxygens (including phenoxy) is 1. The van der Waals surface area contributed by atoms with Crippen LogP contribution in [0.2, 0.25) is 0 Å². The van der Waals surface area contributed by atoms with Gasteiger partial charge in [-0.1, -0.05) is 23.5 Å². The third-order valence-corrected chi connectivity index (χ3v) is 5.29. The summed E-state index contributed by atoms with van der Waals surface area (Å²) in [7, 11) is 1.58. The summed E-state index contributed by atoms with van der Waals surface area (Å²) in [6, 6.07) is 11.3. The summed E-state index contributed by atoms with van der Waals surface area (Å²) in [5, 5.41) is 0. The molecule has 0 aliphatic rings. The van der Waals surface area contributed by atoms with Gasteiger partial charge in [-0.3, -0.25) is 9.36 Å². The minimum atomic E-state index is -0.615. The lowest BCUT2D eigenvalue weighted by Gasteiger charge is -2.04. The molecule has 7 nitrogen and oxygen atoms in total. The molecule has 0 aliphatic heterocycles. The van der Waals surface area contributed by atoms with Gasteiger partial charge >= 0.3 is 5.76 Å². The average molecular weight is 401 g/mol. The van der Waals surface area contributed by atoms with Gasteiger partial charge in [0, 0.05) is 13.7 Å². The minimum Gasteiger partial charge on any atom is -0.408 e. The zero-order valence-corrected chi connectivity index (χ0v) is 15.7. The maximum absolute atomic E-state index is 13.6. The van der Waals surface area contributed by atoms with Crippen molar-refractivity contribution in [1.82, 2.24) is 9.13 Å². The molecular formula is C19H16FN3O4S. The van der Waals surface area contributed by atoms with E-state index >= 15 is 0 Å². The van der Waals surface area contributed by atoms with Crippen molar-refractivity contribution in [3.63, 3.8) is 0 Å². The normalized spacial score (nSPS) is 12.3. The van der Waals surface area contributed by atoms with Gasteiger partial charge in [0.25, 0.3) is 5.91 Å². The molecule has 2 aromatic carbocycles. The number of methoxy groups -OCH3 is 1. The Bertz CT molecular complexity index is 1300. The maximum atomic E-state index is 13.6. The number of oxazole rings is 1. The lowest BCUT2D eigenvalue weighted by molar-refractivity contribution is -0.118. The Kier molecular flexibility index (Phi) is 4.93. The van der Waals surface area contributed by atoms with Crippen molar-refractivity contribution in [2.45, 2.75) is 13.1 Å². The molecule has 144 valence electrons. The molecule has 4 aromatic rings. The minimum absolute atomic E-state index is 0.247. The molecule has 2 heterocycles. The zero-order chi connectivity index (χ0) is 19.7. The van der Waals surface area contributed by atoms with Crippen molar-refractivity contribution in [3.05, 3.63) is 63.6 Å². The van der Waals surface area contributed by atoms with Crippen molar-refractivity contribution in [3.8, 4) is 0 Å². The highest BCUT2D eigenvalue weighted by Crippen LogP contribution is 2.18. The van der Waals surface area contributed by atoms with Crippen molar-refractivity contribution in [2.24, 2.45) is 4.99 Å². The third kappa shape index (κ3) is 3.41. The van der Waals surface area contributed by atoms with E-state index in [-0.39, 0.29) is 12.4 Å². The highest BCUT2D eigenvalue weighted by Gasteiger charge is 2.13. The van der Waals surface area contributed by atoms with Gasteiger partial charge in [-0.05, 0) is 30.3 Å². The van der Waals surface area contributed by atoms with Crippen LogP contribution in [-0.2, 0) is 22.6 Å². The van der Waals surface area contributed by atoms with E-state index in [9.17, 15) is 14.0 Å². The summed E-state index contributed by atoms with van der Waals surface area (Å²) in [5.41, 5.74) is 1.70. The Morgan fingerprint density at radius 3 is 2.86 bits per heavy atom. The summed E-state index contributed by atoms with van der Waals surface area (Å²) >= 11 is 1.21. The van der Waals surface area contributed by atoms with E-state index in [4.69, 9.17) is 9.15 Å². The van der Waals surface area contributed by atoms with Crippen LogP contribution in [0.4, 0.5) is 4.39 Å². The molecule has 0 aliphatic carbocycles. The number of carbonyl (C=O) groups excluding carboxylic acids is 1. The van der Waals surface area contributed by atoms with E-state index in [1.165, 1.54) is 28.0 Å². The molecule has 1 amide bonds. The molecule has 0 unspecified atom stereocenters. The molecular weight excluding hydrogens is 385 g/mol. The van der Waals surface area contributed by atoms with Crippen LogP contribution in [0.5, 0.6) is 0 Å². The van der Waals surface area contributed by atoms with E-state index in [1.807, 2.05) is 0 Å². The Labute approximate surface area is 161 Å². The fraction of sp³-hybridized carbons (Fsp3) is 0.211. The molecule has 9 heteroatoms. The van der Waals surface area contributed by atoms with Crippen molar-refractivity contribution >= 4 is 38.6 Å².